The van der Waals surface area contributed by atoms with Crippen molar-refractivity contribution in [3.63, 3.8) is 0 Å². The Balaban J connectivity index is 1.91. The molecule has 5 nitrogen and oxygen atoms in total. The number of ether oxygens (including phenoxy) is 2. The third kappa shape index (κ3) is 4.87. The fourth-order valence-electron chi connectivity index (χ4n) is 3.54. The molecule has 1 fully saturated rings. The van der Waals surface area contributed by atoms with E-state index in [-0.39, 0.29) is 5.91 Å². The standard InChI is InChI=1S/C19H30N2O3/c1-14-8-5-6-10-16(14)20-18(22)13-21(2)12-15-9-7-11-17(23-3)19(15)24-4/h7,9,11,14,16H,5-6,8,10,12-13H2,1-4H3,(H,20,22)/p+1/t14-,16+/m0/s1. The molecular weight excluding hydrogens is 304 g/mol. The minimum Gasteiger partial charge on any atom is -0.493 e. The maximum Gasteiger partial charge on any atom is 0.275 e. The number of hydrogen-bond acceptors (Lipinski definition) is 3. The van der Waals surface area contributed by atoms with E-state index in [0.29, 0.717) is 25.0 Å². The van der Waals surface area contributed by atoms with E-state index in [9.17, 15) is 4.79 Å². The van der Waals surface area contributed by atoms with Gasteiger partial charge in [0, 0.05) is 6.04 Å². The number of likely N-dealkylation sites (N-methyl/N-ethyl adjacent to an activating group) is 1. The SMILES string of the molecule is COc1cccc(C[NH+](C)CC(=O)N[C@@H]2CCCC[C@@H]2C)c1OC. The molecule has 5 heteroatoms. The number of benzene rings is 1. The van der Waals surface area contributed by atoms with Crippen molar-refractivity contribution in [2.45, 2.75) is 45.2 Å². The maximum absolute atomic E-state index is 12.3. The first-order chi connectivity index (χ1) is 11.5. The van der Waals surface area contributed by atoms with Crippen LogP contribution < -0.4 is 19.7 Å². The zero-order valence-electron chi connectivity index (χ0n) is 15.4. The van der Waals surface area contributed by atoms with Crippen molar-refractivity contribution in [2.75, 3.05) is 27.8 Å². The first-order valence-corrected chi connectivity index (χ1v) is 8.85. The van der Waals surface area contributed by atoms with Gasteiger partial charge >= 0.3 is 0 Å². The Morgan fingerprint density at radius 2 is 2.00 bits per heavy atom. The Kier molecular flexibility index (Phi) is 6.91. The minimum absolute atomic E-state index is 0.133. The van der Waals surface area contributed by atoms with E-state index in [4.69, 9.17) is 9.47 Å². The summed E-state index contributed by atoms with van der Waals surface area (Å²) in [7, 11) is 5.31. The van der Waals surface area contributed by atoms with Crippen molar-refractivity contribution >= 4 is 5.91 Å². The van der Waals surface area contributed by atoms with Crippen molar-refractivity contribution < 1.29 is 19.2 Å². The number of carbonyl (C=O) groups is 1. The largest absolute Gasteiger partial charge is 0.493 e. The smallest absolute Gasteiger partial charge is 0.275 e. The van der Waals surface area contributed by atoms with Gasteiger partial charge in [0.1, 0.15) is 6.54 Å². The molecule has 1 unspecified atom stereocenters. The van der Waals surface area contributed by atoms with Gasteiger partial charge < -0.3 is 19.7 Å². The summed E-state index contributed by atoms with van der Waals surface area (Å²) in [6, 6.07) is 6.19. The fourth-order valence-corrected chi connectivity index (χ4v) is 3.54. The first kappa shape index (κ1) is 18.6. The summed E-state index contributed by atoms with van der Waals surface area (Å²) in [5.41, 5.74) is 1.05. The second-order valence-corrected chi connectivity index (χ2v) is 6.90. The van der Waals surface area contributed by atoms with Gasteiger partial charge in [-0.05, 0) is 30.9 Å². The lowest BCUT2D eigenvalue weighted by atomic mass is 9.86. The van der Waals surface area contributed by atoms with Crippen molar-refractivity contribution in [1.29, 1.82) is 0 Å². The van der Waals surface area contributed by atoms with Gasteiger partial charge in [0.25, 0.3) is 5.91 Å². The molecule has 1 amide bonds. The van der Waals surface area contributed by atoms with Crippen molar-refractivity contribution in [1.82, 2.24) is 5.32 Å². The Bertz CT molecular complexity index is 547. The van der Waals surface area contributed by atoms with Crippen LogP contribution in [-0.4, -0.2) is 39.8 Å². The van der Waals surface area contributed by atoms with E-state index in [0.717, 1.165) is 28.4 Å². The molecular formula is C19H31N2O3+. The first-order valence-electron chi connectivity index (χ1n) is 8.85. The number of para-hydroxylation sites is 1. The average Bonchev–Trinajstić information content (AvgIpc) is 2.56. The highest BCUT2D eigenvalue weighted by molar-refractivity contribution is 5.77. The third-order valence-electron chi connectivity index (χ3n) is 4.90. The predicted molar refractivity (Wildman–Crippen MR) is 94.6 cm³/mol. The van der Waals surface area contributed by atoms with Gasteiger partial charge in [-0.1, -0.05) is 25.8 Å². The molecule has 3 atom stereocenters. The summed E-state index contributed by atoms with van der Waals surface area (Å²) in [4.78, 5) is 13.5. The Morgan fingerprint density at radius 3 is 2.67 bits per heavy atom. The zero-order chi connectivity index (χ0) is 17.5. The normalized spacial score (nSPS) is 21.8. The van der Waals surface area contributed by atoms with Gasteiger partial charge in [-0.3, -0.25) is 4.79 Å². The third-order valence-corrected chi connectivity index (χ3v) is 4.90. The topological polar surface area (TPSA) is 52.0 Å². The van der Waals surface area contributed by atoms with E-state index in [1.165, 1.54) is 19.3 Å². The van der Waals surface area contributed by atoms with Crippen LogP contribution in [0.3, 0.4) is 0 Å². The molecule has 0 radical (unpaired) electrons. The lowest BCUT2D eigenvalue weighted by Crippen LogP contribution is -3.09. The second kappa shape index (κ2) is 8.92. The number of nitrogens with one attached hydrogen (secondary N) is 2. The molecule has 1 aliphatic rings. The van der Waals surface area contributed by atoms with Gasteiger partial charge in [0.2, 0.25) is 0 Å². The second-order valence-electron chi connectivity index (χ2n) is 6.90. The van der Waals surface area contributed by atoms with Crippen molar-refractivity contribution in [3.8, 4) is 11.5 Å². The minimum atomic E-state index is 0.133. The molecule has 2 rings (SSSR count). The van der Waals surface area contributed by atoms with Crippen LogP contribution in [0.25, 0.3) is 0 Å². The number of amides is 1. The van der Waals surface area contributed by atoms with E-state index in [1.54, 1.807) is 14.2 Å². The van der Waals surface area contributed by atoms with Crippen LogP contribution in [0.15, 0.2) is 18.2 Å². The van der Waals surface area contributed by atoms with E-state index >= 15 is 0 Å². The molecule has 1 saturated carbocycles. The number of carbonyl (C=O) groups excluding carboxylic acids is 1. The quantitative estimate of drug-likeness (QED) is 0.792. The van der Waals surface area contributed by atoms with Gasteiger partial charge in [-0.15, -0.1) is 0 Å². The molecule has 0 spiro atoms. The van der Waals surface area contributed by atoms with E-state index < -0.39 is 0 Å². The summed E-state index contributed by atoms with van der Waals surface area (Å²) in [5, 5.41) is 3.22. The molecule has 134 valence electrons. The number of hydrogen-bond donors (Lipinski definition) is 2. The molecule has 1 aliphatic carbocycles. The average molecular weight is 335 g/mol. The number of quaternary nitrogens is 1. The molecule has 0 bridgehead atoms. The fraction of sp³-hybridized carbons (Fsp3) is 0.632. The van der Waals surface area contributed by atoms with Crippen molar-refractivity contribution in [2.24, 2.45) is 5.92 Å². The number of methoxy groups -OCH3 is 2. The molecule has 0 heterocycles. The Labute approximate surface area is 145 Å². The predicted octanol–water partition coefficient (Wildman–Crippen LogP) is 1.41. The van der Waals surface area contributed by atoms with Crippen LogP contribution in [0.5, 0.6) is 11.5 Å². The summed E-state index contributed by atoms with van der Waals surface area (Å²) >= 11 is 0. The molecule has 24 heavy (non-hydrogen) atoms. The van der Waals surface area contributed by atoms with Crippen LogP contribution in [-0.2, 0) is 11.3 Å². The van der Waals surface area contributed by atoms with E-state index in [2.05, 4.69) is 12.2 Å². The van der Waals surface area contributed by atoms with Crippen LogP contribution in [0.1, 0.15) is 38.2 Å². The van der Waals surface area contributed by atoms with Gasteiger partial charge in [0.15, 0.2) is 18.0 Å². The highest BCUT2D eigenvalue weighted by Gasteiger charge is 2.24. The highest BCUT2D eigenvalue weighted by atomic mass is 16.5. The van der Waals surface area contributed by atoms with Gasteiger partial charge in [-0.25, -0.2) is 0 Å². The van der Waals surface area contributed by atoms with Crippen LogP contribution in [0.4, 0.5) is 0 Å². The maximum atomic E-state index is 12.3. The monoisotopic (exact) mass is 335 g/mol. The van der Waals surface area contributed by atoms with Crippen LogP contribution >= 0.6 is 0 Å². The number of rotatable bonds is 7. The van der Waals surface area contributed by atoms with Gasteiger partial charge in [-0.2, -0.15) is 0 Å². The summed E-state index contributed by atoms with van der Waals surface area (Å²) in [5.74, 6) is 2.19. The molecule has 0 aromatic heterocycles. The van der Waals surface area contributed by atoms with E-state index in [1.807, 2.05) is 25.2 Å². The summed E-state index contributed by atoms with van der Waals surface area (Å²) in [6.07, 6.45) is 4.83. The molecule has 1 aromatic rings. The molecule has 1 aromatic carbocycles. The lowest BCUT2D eigenvalue weighted by Gasteiger charge is -2.29. The van der Waals surface area contributed by atoms with Crippen molar-refractivity contribution in [3.05, 3.63) is 23.8 Å². The van der Waals surface area contributed by atoms with Crippen LogP contribution in [0.2, 0.25) is 0 Å². The zero-order valence-corrected chi connectivity index (χ0v) is 15.4. The Morgan fingerprint density at radius 1 is 1.25 bits per heavy atom. The van der Waals surface area contributed by atoms with Crippen LogP contribution in [0, 0.1) is 5.92 Å². The molecule has 0 saturated heterocycles. The highest BCUT2D eigenvalue weighted by Crippen LogP contribution is 2.30. The lowest BCUT2D eigenvalue weighted by molar-refractivity contribution is -0.885. The Hall–Kier alpha value is -1.75. The summed E-state index contributed by atoms with van der Waals surface area (Å²) < 4.78 is 10.8. The molecule has 0 aliphatic heterocycles. The molecule has 2 N–H and O–H groups in total. The summed E-state index contributed by atoms with van der Waals surface area (Å²) in [6.45, 7) is 3.42. The van der Waals surface area contributed by atoms with Gasteiger partial charge in [0.05, 0.1) is 26.8 Å².